The van der Waals surface area contributed by atoms with E-state index in [1.807, 2.05) is 6.20 Å². The summed E-state index contributed by atoms with van der Waals surface area (Å²) in [5.74, 6) is 0.877. The minimum atomic E-state index is -0.106. The number of aryl methyl sites for hydroxylation is 3. The number of rotatable bonds is 8. The third-order valence-corrected chi connectivity index (χ3v) is 14.8. The van der Waals surface area contributed by atoms with Crippen LogP contribution in [0.4, 0.5) is 0 Å². The van der Waals surface area contributed by atoms with Crippen molar-refractivity contribution in [1.82, 2.24) is 14.1 Å². The van der Waals surface area contributed by atoms with Gasteiger partial charge in [0.25, 0.3) is 6.33 Å². The van der Waals surface area contributed by atoms with Crippen LogP contribution in [0.5, 0.6) is 0 Å². The van der Waals surface area contributed by atoms with Gasteiger partial charge < -0.3 is 13.9 Å². The van der Waals surface area contributed by atoms with Gasteiger partial charge in [-0.05, 0) is 117 Å². The molecule has 0 aliphatic carbocycles. The number of nitrogens with zero attached hydrogens (tertiary/aromatic N) is 4. The molecule has 11 aromatic rings. The number of hydrogen-bond donors (Lipinski definition) is 0. The largest absolute Gasteiger partial charge is 0.372 e. The normalized spacial score (nSPS) is 12.7. The van der Waals surface area contributed by atoms with Gasteiger partial charge in [0.1, 0.15) is 5.82 Å². The molecule has 0 saturated carbocycles. The van der Waals surface area contributed by atoms with Gasteiger partial charge in [-0.15, -0.1) is 10.9 Å². The van der Waals surface area contributed by atoms with E-state index in [1.54, 1.807) is 0 Å². The molecule has 0 fully saturated rings. The molecule has 12 rings (SSSR count). The van der Waals surface area contributed by atoms with Crippen molar-refractivity contribution in [1.29, 1.82) is 0 Å². The van der Waals surface area contributed by atoms with Crippen LogP contribution in [0.2, 0.25) is 0 Å². The van der Waals surface area contributed by atoms with Gasteiger partial charge in [0.15, 0.2) is 0 Å². The molecule has 0 saturated heterocycles. The fourth-order valence-electron chi connectivity index (χ4n) is 11.2. The number of benzene rings is 8. The van der Waals surface area contributed by atoms with E-state index in [9.17, 15) is 0 Å². The topological polar surface area (TPSA) is 35.9 Å². The maximum absolute atomic E-state index is 5.81. The monoisotopic (exact) mass is 1140 g/mol. The van der Waals surface area contributed by atoms with E-state index in [0.717, 1.165) is 83.6 Å². The van der Waals surface area contributed by atoms with Crippen LogP contribution in [-0.4, -0.2) is 14.1 Å². The summed E-state index contributed by atoms with van der Waals surface area (Å²) < 4.78 is 12.6. The Kier molecular flexibility index (Phi) is 12.6. The molecule has 0 bridgehead atoms. The molecule has 0 unspecified atom stereocenters. The predicted octanol–water partition coefficient (Wildman–Crippen LogP) is 15.9. The van der Waals surface area contributed by atoms with Crippen molar-refractivity contribution in [3.63, 3.8) is 0 Å². The molecule has 5 nitrogen and oxygen atoms in total. The number of aromatic nitrogens is 4. The van der Waals surface area contributed by atoms with Crippen molar-refractivity contribution >= 4 is 32.8 Å². The number of para-hydroxylation sites is 3. The van der Waals surface area contributed by atoms with Gasteiger partial charge in [-0.1, -0.05) is 174 Å². The number of fused-ring (bicyclic) bond motifs is 5. The first-order chi connectivity index (χ1) is 35.2. The average molecular weight is 1140 g/mol. The zero-order valence-electron chi connectivity index (χ0n) is 43.7. The molecule has 4 heterocycles. The summed E-state index contributed by atoms with van der Waals surface area (Å²) in [4.78, 5) is 4.99. The smallest absolute Gasteiger partial charge is 0.268 e. The molecule has 3 aromatic heterocycles. The van der Waals surface area contributed by atoms with Crippen LogP contribution in [0.25, 0.3) is 83.4 Å². The van der Waals surface area contributed by atoms with E-state index < -0.39 is 0 Å². The van der Waals surface area contributed by atoms with Crippen LogP contribution < -0.4 is 4.57 Å². The van der Waals surface area contributed by atoms with Crippen molar-refractivity contribution < 1.29 is 30.4 Å². The van der Waals surface area contributed by atoms with Crippen LogP contribution in [0.15, 0.2) is 164 Å². The number of ether oxygens (including phenoxy) is 1. The van der Waals surface area contributed by atoms with Crippen molar-refractivity contribution in [3.8, 4) is 50.6 Å². The van der Waals surface area contributed by atoms with Crippen molar-refractivity contribution in [2.24, 2.45) is 0 Å². The third-order valence-electron chi connectivity index (χ3n) is 14.8. The van der Waals surface area contributed by atoms with Gasteiger partial charge in [0.2, 0.25) is 0 Å². The molecule has 0 radical (unpaired) electrons. The molecule has 74 heavy (non-hydrogen) atoms. The Morgan fingerprint density at radius 3 is 2.01 bits per heavy atom. The summed E-state index contributed by atoms with van der Waals surface area (Å²) in [5.41, 5.74) is 23.9. The van der Waals surface area contributed by atoms with Crippen molar-refractivity contribution in [3.05, 3.63) is 232 Å². The molecule has 6 heteroatoms. The zero-order valence-corrected chi connectivity index (χ0v) is 46.0. The Morgan fingerprint density at radius 2 is 1.26 bits per heavy atom. The van der Waals surface area contributed by atoms with E-state index in [-0.39, 0.29) is 31.9 Å². The summed E-state index contributed by atoms with van der Waals surface area (Å²) in [7, 11) is 0. The summed E-state index contributed by atoms with van der Waals surface area (Å²) >= 11 is 0. The quantitative estimate of drug-likeness (QED) is 0.112. The van der Waals surface area contributed by atoms with Gasteiger partial charge >= 0.3 is 0 Å². The number of imidazole rings is 1. The van der Waals surface area contributed by atoms with E-state index in [1.165, 1.54) is 49.9 Å². The molecule has 1 aliphatic rings. The van der Waals surface area contributed by atoms with Crippen LogP contribution in [0, 0.1) is 39.2 Å². The van der Waals surface area contributed by atoms with Crippen LogP contribution in [0.3, 0.4) is 0 Å². The van der Waals surface area contributed by atoms with Crippen LogP contribution in [-0.2, 0) is 56.3 Å². The maximum Gasteiger partial charge on any atom is 0.268 e. The van der Waals surface area contributed by atoms with Crippen molar-refractivity contribution in [2.75, 3.05) is 0 Å². The molecular formula is C68H60N4OPt-2. The van der Waals surface area contributed by atoms with E-state index in [0.29, 0.717) is 19.6 Å². The fourth-order valence-corrected chi connectivity index (χ4v) is 11.2. The Labute approximate surface area is 450 Å². The number of hydrogen-bond acceptors (Lipinski definition) is 2. The van der Waals surface area contributed by atoms with Gasteiger partial charge in [-0.3, -0.25) is 4.57 Å². The minimum Gasteiger partial charge on any atom is -0.372 e. The Balaban J connectivity index is 0.00000588. The second-order valence-corrected chi connectivity index (χ2v) is 22.3. The zero-order chi connectivity index (χ0) is 50.3. The summed E-state index contributed by atoms with van der Waals surface area (Å²) in [5, 5.41) is 2.33. The molecular weight excluding hydrogens is 1080 g/mol. The molecule has 0 spiro atoms. The first-order valence-corrected chi connectivity index (χ1v) is 25.6. The molecule has 0 atom stereocenters. The maximum atomic E-state index is 5.81. The third kappa shape index (κ3) is 8.84. The van der Waals surface area contributed by atoms with Gasteiger partial charge in [0.05, 0.1) is 29.9 Å². The Hall–Kier alpha value is -7.17. The van der Waals surface area contributed by atoms with E-state index >= 15 is 0 Å². The van der Waals surface area contributed by atoms with Gasteiger partial charge in [0, 0.05) is 38.3 Å². The molecule has 1 aliphatic heterocycles. The fraction of sp³-hybridized carbons (Fsp3) is 0.206. The predicted molar refractivity (Wildman–Crippen MR) is 299 cm³/mol. The van der Waals surface area contributed by atoms with Crippen LogP contribution >= 0.6 is 0 Å². The first kappa shape index (κ1) is 49.1. The summed E-state index contributed by atoms with van der Waals surface area (Å²) in [6.45, 7) is 21.7. The molecule has 0 amide bonds. The number of pyridine rings is 1. The SMILES string of the molecule is Cc1cc(C)c(-c2cc(Cc3[c-]c4c(cc3)c3ccccc3n4-c3cc4c(cn3)COC4)[c-]c(-n3[c-][n+](-c4c(-c5ccccc5)cc(C(C)(C)C)cc4-c4cccc(C(C)(C)C)c4)c4ccccc43)c2)c(C)c1.[Pt]. The molecule has 370 valence electrons. The van der Waals surface area contributed by atoms with E-state index in [2.05, 4.69) is 252 Å². The van der Waals surface area contributed by atoms with E-state index in [4.69, 9.17) is 9.72 Å². The second kappa shape index (κ2) is 18.9. The first-order valence-electron chi connectivity index (χ1n) is 25.6. The summed E-state index contributed by atoms with van der Waals surface area (Å²) in [6.07, 6.45) is 6.60. The Morgan fingerprint density at radius 1 is 0.581 bits per heavy atom. The second-order valence-electron chi connectivity index (χ2n) is 22.3. The molecule has 8 aromatic carbocycles. The Bertz CT molecular complexity index is 3950. The summed E-state index contributed by atoms with van der Waals surface area (Å²) in [6, 6.07) is 66.0. The average Bonchev–Trinajstić information content (AvgIpc) is 4.09. The van der Waals surface area contributed by atoms with Gasteiger partial charge in [-0.2, -0.15) is 47.5 Å². The standard InChI is InChI=1S/C68H60N4O.Pt/c1-43-28-44(2)65(45(3)29-43)50-31-47(30-46-26-27-57-56-22-13-14-23-60(56)72(63(57)33-46)64-36-51-40-73-41-52(51)39-69-64)32-55(35-50)70-42-71(62-25-16-15-24-61(62)70)66-58(48-18-11-10-12-19-48)37-54(68(7,8)9)38-59(66)49-20-17-21-53(34-49)67(4,5)6;/h10-29,31,34-39H,30,40-41H2,1-9H3;/q-2;. The van der Waals surface area contributed by atoms with Crippen molar-refractivity contribution in [2.45, 2.75) is 92.8 Å². The molecule has 0 N–H and O–H groups in total. The minimum absolute atomic E-state index is 0. The van der Waals surface area contributed by atoms with Crippen LogP contribution in [0.1, 0.15) is 91.6 Å². The van der Waals surface area contributed by atoms with Gasteiger partial charge in [-0.25, -0.2) is 4.98 Å².